The molecule has 1 spiro atoms. The molecule has 0 radical (unpaired) electrons. The monoisotopic (exact) mass is 404 g/mol. The van der Waals surface area contributed by atoms with Gasteiger partial charge >= 0.3 is 0 Å². The number of likely N-dealkylation sites (tertiary alicyclic amines) is 1. The topological polar surface area (TPSA) is 55.6 Å². The molecule has 4 nitrogen and oxygen atoms in total. The second kappa shape index (κ2) is 7.92. The van der Waals surface area contributed by atoms with Crippen molar-refractivity contribution in [2.24, 2.45) is 5.73 Å². The van der Waals surface area contributed by atoms with Gasteiger partial charge < -0.3 is 15.4 Å². The van der Waals surface area contributed by atoms with Gasteiger partial charge in [0.15, 0.2) is 0 Å². The summed E-state index contributed by atoms with van der Waals surface area (Å²) in [6.45, 7) is 9.35. The third-order valence-corrected chi connectivity index (χ3v) is 6.58. The summed E-state index contributed by atoms with van der Waals surface area (Å²) in [7, 11) is 0. The van der Waals surface area contributed by atoms with Crippen LogP contribution < -0.4 is 10.5 Å². The first kappa shape index (κ1) is 20.7. The lowest BCUT2D eigenvalue weighted by atomic mass is 9.74. The first-order chi connectivity index (χ1) is 14.3. The van der Waals surface area contributed by atoms with Crippen molar-refractivity contribution in [1.82, 2.24) is 4.90 Å². The van der Waals surface area contributed by atoms with E-state index in [1.807, 2.05) is 23.1 Å². The molecule has 0 atom stereocenters. The zero-order valence-corrected chi connectivity index (χ0v) is 18.3. The molecule has 2 N–H and O–H groups in total. The normalized spacial score (nSPS) is 17.9. The maximum atomic E-state index is 12.7. The van der Waals surface area contributed by atoms with Crippen LogP contribution >= 0.6 is 0 Å². The van der Waals surface area contributed by atoms with Crippen molar-refractivity contribution in [3.05, 3.63) is 70.8 Å². The highest BCUT2D eigenvalue weighted by atomic mass is 16.5. The van der Waals surface area contributed by atoms with E-state index in [1.165, 1.54) is 11.1 Å². The van der Waals surface area contributed by atoms with Crippen LogP contribution in [0.1, 0.15) is 55.9 Å². The Bertz CT molecular complexity index is 946. The molecule has 2 aliphatic heterocycles. The summed E-state index contributed by atoms with van der Waals surface area (Å²) >= 11 is 0. The lowest BCUT2D eigenvalue weighted by molar-refractivity contribution is -0.127. The van der Waals surface area contributed by atoms with Gasteiger partial charge in [-0.2, -0.15) is 0 Å². The van der Waals surface area contributed by atoms with Gasteiger partial charge in [0.05, 0.1) is 6.61 Å². The van der Waals surface area contributed by atoms with Gasteiger partial charge in [0.1, 0.15) is 5.75 Å². The molecule has 2 aromatic rings. The van der Waals surface area contributed by atoms with E-state index in [1.54, 1.807) is 6.08 Å². The number of nitrogens with zero attached hydrogens (tertiary/aromatic N) is 1. The Kier molecular flexibility index (Phi) is 5.46. The lowest BCUT2D eigenvalue weighted by Crippen LogP contribution is -2.45. The SMILES string of the molecule is CC(C)(C)c1ccc(C=CC(=O)N2CCC3(CC2)COc2ccc(CN)cc23)cc1. The molecule has 4 rings (SSSR count). The Balaban J connectivity index is 1.39. The minimum atomic E-state index is 0.0177. The standard InChI is InChI=1S/C26H32N2O2/c1-25(2,3)21-8-4-19(5-9-21)7-11-24(29)28-14-12-26(13-15-28)18-30-23-10-6-20(17-27)16-22(23)26/h4-11,16H,12-15,17-18,27H2,1-3H3. The predicted octanol–water partition coefficient (Wildman–Crippen LogP) is 4.41. The number of amides is 1. The average molecular weight is 405 g/mol. The molecular weight excluding hydrogens is 372 g/mol. The van der Waals surface area contributed by atoms with Gasteiger partial charge in [0, 0.05) is 36.7 Å². The molecule has 1 fully saturated rings. The minimum Gasteiger partial charge on any atom is -0.492 e. The first-order valence-corrected chi connectivity index (χ1v) is 10.8. The summed E-state index contributed by atoms with van der Waals surface area (Å²) in [4.78, 5) is 14.7. The number of piperidine rings is 1. The molecule has 1 amide bonds. The highest BCUT2D eigenvalue weighted by Crippen LogP contribution is 2.45. The fourth-order valence-corrected chi connectivity index (χ4v) is 4.47. The maximum Gasteiger partial charge on any atom is 0.246 e. The van der Waals surface area contributed by atoms with Crippen LogP contribution in [0.4, 0.5) is 0 Å². The number of benzene rings is 2. The molecule has 0 saturated carbocycles. The Morgan fingerprint density at radius 1 is 1.13 bits per heavy atom. The van der Waals surface area contributed by atoms with Crippen LogP contribution in [0, 0.1) is 0 Å². The molecule has 0 aromatic heterocycles. The van der Waals surface area contributed by atoms with E-state index in [2.05, 4.69) is 51.1 Å². The summed E-state index contributed by atoms with van der Waals surface area (Å²) in [5.74, 6) is 1.06. The van der Waals surface area contributed by atoms with Crippen LogP contribution in [0.2, 0.25) is 0 Å². The Morgan fingerprint density at radius 3 is 2.47 bits per heavy atom. The molecule has 2 heterocycles. The Hall–Kier alpha value is -2.59. The number of nitrogens with two attached hydrogens (primary N) is 1. The fraction of sp³-hybridized carbons (Fsp3) is 0.423. The van der Waals surface area contributed by atoms with E-state index in [-0.39, 0.29) is 16.7 Å². The quantitative estimate of drug-likeness (QED) is 0.771. The van der Waals surface area contributed by atoms with Crippen molar-refractivity contribution in [2.45, 2.75) is 51.0 Å². The molecule has 2 aliphatic rings. The second-order valence-electron chi connectivity index (χ2n) is 9.63. The van der Waals surface area contributed by atoms with Crippen molar-refractivity contribution in [2.75, 3.05) is 19.7 Å². The first-order valence-electron chi connectivity index (χ1n) is 10.8. The molecular formula is C26H32N2O2. The van der Waals surface area contributed by atoms with Gasteiger partial charge in [0.2, 0.25) is 5.91 Å². The van der Waals surface area contributed by atoms with Crippen LogP contribution in [0.15, 0.2) is 48.5 Å². The summed E-state index contributed by atoms with van der Waals surface area (Å²) < 4.78 is 5.97. The number of carbonyl (C=O) groups is 1. The average Bonchev–Trinajstić information content (AvgIpc) is 3.09. The van der Waals surface area contributed by atoms with E-state index in [0.717, 1.165) is 42.8 Å². The largest absolute Gasteiger partial charge is 0.492 e. The number of hydrogen-bond acceptors (Lipinski definition) is 3. The highest BCUT2D eigenvalue weighted by Gasteiger charge is 2.43. The molecule has 4 heteroatoms. The van der Waals surface area contributed by atoms with E-state index >= 15 is 0 Å². The van der Waals surface area contributed by atoms with E-state index in [4.69, 9.17) is 10.5 Å². The Labute approximate surface area is 179 Å². The molecule has 0 aliphatic carbocycles. The smallest absolute Gasteiger partial charge is 0.246 e. The third kappa shape index (κ3) is 4.01. The van der Waals surface area contributed by atoms with Gasteiger partial charge in [-0.05, 0) is 47.1 Å². The van der Waals surface area contributed by atoms with Crippen LogP contribution in [0.5, 0.6) is 5.75 Å². The number of ether oxygens (including phenoxy) is 1. The summed E-state index contributed by atoms with van der Waals surface area (Å²) in [5.41, 5.74) is 10.7. The molecule has 0 unspecified atom stereocenters. The highest BCUT2D eigenvalue weighted by molar-refractivity contribution is 5.91. The van der Waals surface area contributed by atoms with Crippen LogP contribution in [0.3, 0.4) is 0 Å². The van der Waals surface area contributed by atoms with Crippen LogP contribution in [0.25, 0.3) is 6.08 Å². The van der Waals surface area contributed by atoms with Gasteiger partial charge in [-0.15, -0.1) is 0 Å². The van der Waals surface area contributed by atoms with Gasteiger partial charge in [0.25, 0.3) is 0 Å². The Morgan fingerprint density at radius 2 is 1.83 bits per heavy atom. The van der Waals surface area contributed by atoms with Crippen LogP contribution in [-0.4, -0.2) is 30.5 Å². The number of hydrogen-bond donors (Lipinski definition) is 1. The van der Waals surface area contributed by atoms with E-state index < -0.39 is 0 Å². The molecule has 2 aromatic carbocycles. The van der Waals surface area contributed by atoms with Crippen molar-refractivity contribution in [3.63, 3.8) is 0 Å². The predicted molar refractivity (Wildman–Crippen MR) is 121 cm³/mol. The van der Waals surface area contributed by atoms with Crippen LogP contribution in [-0.2, 0) is 22.2 Å². The summed E-state index contributed by atoms with van der Waals surface area (Å²) in [6.07, 6.45) is 5.47. The lowest BCUT2D eigenvalue weighted by Gasteiger charge is -2.38. The molecule has 1 saturated heterocycles. The van der Waals surface area contributed by atoms with Crippen molar-refractivity contribution in [1.29, 1.82) is 0 Å². The minimum absolute atomic E-state index is 0.0177. The second-order valence-corrected chi connectivity index (χ2v) is 9.63. The zero-order chi connectivity index (χ0) is 21.4. The maximum absolute atomic E-state index is 12.7. The molecule has 0 bridgehead atoms. The van der Waals surface area contributed by atoms with E-state index in [9.17, 15) is 4.79 Å². The third-order valence-electron chi connectivity index (χ3n) is 6.58. The molecule has 158 valence electrons. The fourth-order valence-electron chi connectivity index (χ4n) is 4.47. The van der Waals surface area contributed by atoms with Crippen molar-refractivity contribution >= 4 is 12.0 Å². The van der Waals surface area contributed by atoms with E-state index in [0.29, 0.717) is 13.2 Å². The number of rotatable bonds is 3. The van der Waals surface area contributed by atoms with Gasteiger partial charge in [-0.1, -0.05) is 57.2 Å². The van der Waals surface area contributed by atoms with Gasteiger partial charge in [-0.25, -0.2) is 0 Å². The number of fused-ring (bicyclic) bond motifs is 2. The summed E-state index contributed by atoms with van der Waals surface area (Å²) in [6, 6.07) is 14.7. The van der Waals surface area contributed by atoms with Crippen molar-refractivity contribution in [3.8, 4) is 5.75 Å². The summed E-state index contributed by atoms with van der Waals surface area (Å²) in [5, 5.41) is 0. The zero-order valence-electron chi connectivity index (χ0n) is 18.3. The van der Waals surface area contributed by atoms with Gasteiger partial charge in [-0.3, -0.25) is 4.79 Å². The number of carbonyl (C=O) groups excluding carboxylic acids is 1. The molecule has 30 heavy (non-hydrogen) atoms. The van der Waals surface area contributed by atoms with Crippen molar-refractivity contribution < 1.29 is 9.53 Å².